The first kappa shape index (κ1) is 21.6. The zero-order valence-corrected chi connectivity index (χ0v) is 19.3. The molecule has 3 heterocycles. The van der Waals surface area contributed by atoms with E-state index in [0.717, 1.165) is 59.8 Å². The number of methoxy groups -OCH3 is 1. The molecular weight excluding hydrogens is 440 g/mol. The molecule has 2 aromatic heterocycles. The van der Waals surface area contributed by atoms with Gasteiger partial charge in [-0.3, -0.25) is 9.69 Å². The maximum Gasteiger partial charge on any atom is 0.233 e. The topological polar surface area (TPSA) is 50.6 Å². The summed E-state index contributed by atoms with van der Waals surface area (Å²) in [5, 5.41) is 0.870. The fourth-order valence-electron chi connectivity index (χ4n) is 3.59. The van der Waals surface area contributed by atoms with Crippen LogP contribution in [0.5, 0.6) is 0 Å². The molecule has 0 radical (unpaired) electrons. The third-order valence-electron chi connectivity index (χ3n) is 5.20. The van der Waals surface area contributed by atoms with Crippen molar-refractivity contribution in [2.24, 2.45) is 0 Å². The SMILES string of the molecule is COCCn1c(SCC(=O)N2CCN(Cc3ccc(Cl)s3)CC2)nc2ccccc21. The van der Waals surface area contributed by atoms with E-state index in [2.05, 4.69) is 21.6 Å². The van der Waals surface area contributed by atoms with E-state index in [1.165, 1.54) is 16.6 Å². The molecule has 0 saturated carbocycles. The summed E-state index contributed by atoms with van der Waals surface area (Å²) in [7, 11) is 1.70. The van der Waals surface area contributed by atoms with Gasteiger partial charge in [-0.2, -0.15) is 0 Å². The van der Waals surface area contributed by atoms with E-state index in [9.17, 15) is 4.79 Å². The molecule has 1 fully saturated rings. The van der Waals surface area contributed by atoms with Gasteiger partial charge in [0.1, 0.15) is 0 Å². The molecule has 160 valence electrons. The number of carbonyl (C=O) groups is 1. The van der Waals surface area contributed by atoms with Crippen molar-refractivity contribution in [2.75, 3.05) is 45.6 Å². The second-order valence-electron chi connectivity index (χ2n) is 7.18. The second kappa shape index (κ2) is 10.2. The summed E-state index contributed by atoms with van der Waals surface area (Å²) in [4.78, 5) is 23.1. The molecule has 0 spiro atoms. The van der Waals surface area contributed by atoms with Crippen molar-refractivity contribution in [1.29, 1.82) is 0 Å². The van der Waals surface area contributed by atoms with Crippen molar-refractivity contribution >= 4 is 51.6 Å². The van der Waals surface area contributed by atoms with Crippen molar-refractivity contribution in [2.45, 2.75) is 18.2 Å². The molecule has 1 amide bonds. The Labute approximate surface area is 189 Å². The number of ether oxygens (including phenoxy) is 1. The fourth-order valence-corrected chi connectivity index (χ4v) is 5.67. The Balaban J connectivity index is 1.32. The van der Waals surface area contributed by atoms with Gasteiger partial charge in [0.25, 0.3) is 0 Å². The third-order valence-corrected chi connectivity index (χ3v) is 7.37. The van der Waals surface area contributed by atoms with E-state index in [1.807, 2.05) is 29.2 Å². The predicted octanol–water partition coefficient (Wildman–Crippen LogP) is 3.83. The van der Waals surface area contributed by atoms with Crippen LogP contribution in [0.4, 0.5) is 0 Å². The zero-order valence-electron chi connectivity index (χ0n) is 16.9. The van der Waals surface area contributed by atoms with E-state index in [1.54, 1.807) is 18.4 Å². The zero-order chi connectivity index (χ0) is 20.9. The average Bonchev–Trinajstić information content (AvgIpc) is 3.33. The largest absolute Gasteiger partial charge is 0.383 e. The molecular formula is C21H25ClN4O2S2. The van der Waals surface area contributed by atoms with E-state index < -0.39 is 0 Å². The summed E-state index contributed by atoms with van der Waals surface area (Å²) in [5.74, 6) is 0.570. The lowest BCUT2D eigenvalue weighted by Crippen LogP contribution is -2.48. The Morgan fingerprint density at radius 3 is 2.73 bits per heavy atom. The first-order valence-corrected chi connectivity index (χ1v) is 12.1. The van der Waals surface area contributed by atoms with E-state index in [-0.39, 0.29) is 5.91 Å². The maximum absolute atomic E-state index is 12.8. The number of imidazole rings is 1. The van der Waals surface area contributed by atoms with Crippen LogP contribution in [0.1, 0.15) is 4.88 Å². The van der Waals surface area contributed by atoms with Gasteiger partial charge in [-0.15, -0.1) is 11.3 Å². The van der Waals surface area contributed by atoms with Crippen LogP contribution in [0.15, 0.2) is 41.6 Å². The summed E-state index contributed by atoms with van der Waals surface area (Å²) in [6.45, 7) is 5.53. The molecule has 30 heavy (non-hydrogen) atoms. The number of hydrogen-bond acceptors (Lipinski definition) is 6. The Hall–Kier alpha value is -1.58. The Kier molecular flexibility index (Phi) is 7.32. The van der Waals surface area contributed by atoms with Crippen LogP contribution < -0.4 is 0 Å². The quantitative estimate of drug-likeness (QED) is 0.474. The van der Waals surface area contributed by atoms with E-state index >= 15 is 0 Å². The summed E-state index contributed by atoms with van der Waals surface area (Å²) < 4.78 is 8.22. The van der Waals surface area contributed by atoms with Gasteiger partial charge in [0.05, 0.1) is 27.7 Å². The van der Waals surface area contributed by atoms with Crippen molar-refractivity contribution < 1.29 is 9.53 Å². The fraction of sp³-hybridized carbons (Fsp3) is 0.429. The highest BCUT2D eigenvalue weighted by molar-refractivity contribution is 7.99. The second-order valence-corrected chi connectivity index (χ2v) is 9.92. The van der Waals surface area contributed by atoms with Gasteiger partial charge in [-0.05, 0) is 24.3 Å². The van der Waals surface area contributed by atoms with Crippen molar-refractivity contribution in [3.63, 3.8) is 0 Å². The van der Waals surface area contributed by atoms with Crippen molar-refractivity contribution in [1.82, 2.24) is 19.4 Å². The number of thioether (sulfide) groups is 1. The predicted molar refractivity (Wildman–Crippen MR) is 124 cm³/mol. The molecule has 0 atom stereocenters. The van der Waals surface area contributed by atoms with Gasteiger partial charge in [0.15, 0.2) is 5.16 Å². The van der Waals surface area contributed by atoms with Gasteiger partial charge in [0.2, 0.25) is 5.91 Å². The number of thiophene rings is 1. The van der Waals surface area contributed by atoms with Gasteiger partial charge < -0.3 is 14.2 Å². The number of halogens is 1. The smallest absolute Gasteiger partial charge is 0.233 e. The molecule has 9 heteroatoms. The van der Waals surface area contributed by atoms with Crippen LogP contribution in [0.3, 0.4) is 0 Å². The average molecular weight is 465 g/mol. The van der Waals surface area contributed by atoms with Crippen LogP contribution in [0.25, 0.3) is 11.0 Å². The third kappa shape index (κ3) is 5.18. The van der Waals surface area contributed by atoms with Crippen LogP contribution >= 0.6 is 34.7 Å². The summed E-state index contributed by atoms with van der Waals surface area (Å²) in [5.41, 5.74) is 2.03. The minimum atomic E-state index is 0.171. The maximum atomic E-state index is 12.8. The molecule has 0 bridgehead atoms. The van der Waals surface area contributed by atoms with Gasteiger partial charge in [-0.25, -0.2) is 4.98 Å². The molecule has 1 aliphatic heterocycles. The van der Waals surface area contributed by atoms with E-state index in [0.29, 0.717) is 12.4 Å². The highest BCUT2D eigenvalue weighted by Crippen LogP contribution is 2.25. The van der Waals surface area contributed by atoms with E-state index in [4.69, 9.17) is 21.3 Å². The highest BCUT2D eigenvalue weighted by Gasteiger charge is 2.22. The number of amides is 1. The molecule has 6 nitrogen and oxygen atoms in total. The Morgan fingerprint density at radius 1 is 1.20 bits per heavy atom. The Morgan fingerprint density at radius 2 is 2.00 bits per heavy atom. The van der Waals surface area contributed by atoms with Crippen molar-refractivity contribution in [3.05, 3.63) is 45.6 Å². The standard InChI is InChI=1S/C21H25ClN4O2S2/c1-28-13-12-26-18-5-3-2-4-17(18)23-21(26)29-15-20(27)25-10-8-24(9-11-25)14-16-6-7-19(22)30-16/h2-7H,8-15H2,1H3. The van der Waals surface area contributed by atoms with Crippen LogP contribution in [0, 0.1) is 0 Å². The molecule has 0 unspecified atom stereocenters. The van der Waals surface area contributed by atoms with Gasteiger partial charge >= 0.3 is 0 Å². The lowest BCUT2D eigenvalue weighted by atomic mass is 10.3. The summed E-state index contributed by atoms with van der Waals surface area (Å²) in [6.07, 6.45) is 0. The number of nitrogens with zero attached hydrogens (tertiary/aromatic N) is 4. The Bertz CT molecular complexity index is 998. The number of piperazine rings is 1. The molecule has 3 aromatic rings. The highest BCUT2D eigenvalue weighted by atomic mass is 35.5. The number of hydrogen-bond donors (Lipinski definition) is 0. The number of aromatic nitrogens is 2. The summed E-state index contributed by atoms with van der Waals surface area (Å²) in [6, 6.07) is 12.1. The molecule has 1 aliphatic rings. The number of carbonyl (C=O) groups excluding carboxylic acids is 1. The van der Waals surface area contributed by atoms with Crippen LogP contribution in [-0.4, -0.2) is 70.9 Å². The van der Waals surface area contributed by atoms with Crippen LogP contribution in [-0.2, 0) is 22.6 Å². The number of benzene rings is 1. The van der Waals surface area contributed by atoms with Crippen molar-refractivity contribution in [3.8, 4) is 0 Å². The normalized spacial score (nSPS) is 15.2. The minimum Gasteiger partial charge on any atom is -0.383 e. The lowest BCUT2D eigenvalue weighted by molar-refractivity contribution is -0.130. The van der Waals surface area contributed by atoms with Gasteiger partial charge in [-0.1, -0.05) is 35.5 Å². The minimum absolute atomic E-state index is 0.171. The molecule has 0 aliphatic carbocycles. The van der Waals surface area contributed by atoms with Crippen LogP contribution in [0.2, 0.25) is 4.34 Å². The summed E-state index contributed by atoms with van der Waals surface area (Å²) >= 11 is 9.16. The number of rotatable bonds is 8. The monoisotopic (exact) mass is 464 g/mol. The lowest BCUT2D eigenvalue weighted by Gasteiger charge is -2.34. The molecule has 1 saturated heterocycles. The first-order chi connectivity index (χ1) is 14.6. The molecule has 1 aromatic carbocycles. The number of fused-ring (bicyclic) bond motifs is 1. The number of para-hydroxylation sites is 2. The first-order valence-electron chi connectivity index (χ1n) is 9.95. The van der Waals surface area contributed by atoms with Gasteiger partial charge in [0, 0.05) is 51.3 Å². The molecule has 0 N–H and O–H groups in total. The molecule has 4 rings (SSSR count).